The number of hydrogen-bond acceptors (Lipinski definition) is 13. The van der Waals surface area contributed by atoms with E-state index < -0.39 is 5.91 Å². The van der Waals surface area contributed by atoms with E-state index >= 15 is 0 Å². The first-order valence-corrected chi connectivity index (χ1v) is 14.7. The molecule has 1 saturated carbocycles. The zero-order valence-electron chi connectivity index (χ0n) is 22.6. The van der Waals surface area contributed by atoms with E-state index in [2.05, 4.69) is 25.5 Å². The van der Waals surface area contributed by atoms with E-state index in [1.807, 2.05) is 0 Å². The van der Waals surface area contributed by atoms with Crippen molar-refractivity contribution in [2.24, 2.45) is 11.5 Å². The van der Waals surface area contributed by atoms with Gasteiger partial charge >= 0.3 is 0 Å². The van der Waals surface area contributed by atoms with E-state index in [9.17, 15) is 9.59 Å². The van der Waals surface area contributed by atoms with Crippen LogP contribution in [0.1, 0.15) is 47.4 Å². The minimum atomic E-state index is -0.679. The van der Waals surface area contributed by atoms with Gasteiger partial charge in [-0.25, -0.2) is 9.97 Å². The van der Waals surface area contributed by atoms with Gasteiger partial charge in [-0.3, -0.25) is 9.59 Å². The van der Waals surface area contributed by atoms with E-state index in [1.165, 1.54) is 28.4 Å². The average molecular weight is 592 g/mol. The Labute approximate surface area is 242 Å². The Morgan fingerprint density at radius 1 is 1.19 bits per heavy atom. The lowest BCUT2D eigenvalue weighted by atomic mass is 9.91. The van der Waals surface area contributed by atoms with E-state index in [4.69, 9.17) is 30.1 Å². The summed E-state index contributed by atoms with van der Waals surface area (Å²) in [6.07, 6.45) is 6.96. The van der Waals surface area contributed by atoms with Crippen LogP contribution in [-0.4, -0.2) is 69.0 Å². The van der Waals surface area contributed by atoms with Gasteiger partial charge in [0.25, 0.3) is 5.91 Å². The number of primary amides is 1. The quantitative estimate of drug-likeness (QED) is 0.250. The molecule has 0 unspecified atom stereocenters. The molecule has 42 heavy (non-hydrogen) atoms. The Balaban J connectivity index is 1.23. The summed E-state index contributed by atoms with van der Waals surface area (Å²) >= 11 is 1.46. The molecule has 7 rings (SSSR count). The first kappa shape index (κ1) is 26.6. The Kier molecular flexibility index (Phi) is 6.84. The van der Waals surface area contributed by atoms with Crippen LogP contribution in [0.3, 0.4) is 0 Å². The molecule has 14 nitrogen and oxygen atoms in total. The maximum atomic E-state index is 12.8. The van der Waals surface area contributed by atoms with Crippen LogP contribution >= 0.6 is 11.3 Å². The molecule has 5 N–H and O–H groups in total. The van der Waals surface area contributed by atoms with Crippen LogP contribution in [0.25, 0.3) is 27.3 Å². The third kappa shape index (κ3) is 4.78. The molecule has 15 heteroatoms. The lowest BCUT2D eigenvalue weighted by molar-refractivity contribution is 0.1000. The standard InChI is InChI=1S/C27H29N9O5S/c28-16-3-1-2-4-17(16)32-27-33-18(22(25(29)38)26-30-13-31-36(26)27)9-14-10-20(41-34-14)15-12-40-23-19(37)11-21(42-24(15)23)35-5-7-39-8-6-35/h10-13,16-17H,1-9,28H2,(H2,29,38)(H,32,33)/t16-,17+/m1/s1. The van der Waals surface area contributed by atoms with Gasteiger partial charge < -0.3 is 35.4 Å². The van der Waals surface area contributed by atoms with Crippen molar-refractivity contribution in [2.45, 2.75) is 44.2 Å². The van der Waals surface area contributed by atoms with Crippen LogP contribution in [0, 0.1) is 0 Å². The molecule has 6 heterocycles. The number of fused-ring (bicyclic) bond motifs is 2. The van der Waals surface area contributed by atoms with Gasteiger partial charge in [-0.2, -0.15) is 9.61 Å². The Hall–Kier alpha value is -4.34. The fourth-order valence-corrected chi connectivity index (χ4v) is 6.83. The Morgan fingerprint density at radius 2 is 2.02 bits per heavy atom. The molecule has 5 aromatic rings. The number of anilines is 2. The monoisotopic (exact) mass is 591 g/mol. The molecule has 1 aliphatic heterocycles. The van der Waals surface area contributed by atoms with Crippen molar-refractivity contribution < 1.29 is 18.5 Å². The first-order valence-electron chi connectivity index (χ1n) is 13.8. The Morgan fingerprint density at radius 3 is 2.83 bits per heavy atom. The molecule has 0 aromatic carbocycles. The fourth-order valence-electron chi connectivity index (χ4n) is 5.64. The predicted molar refractivity (Wildman–Crippen MR) is 155 cm³/mol. The summed E-state index contributed by atoms with van der Waals surface area (Å²) in [6.45, 7) is 2.62. The summed E-state index contributed by atoms with van der Waals surface area (Å²) in [5.74, 6) is 0.172. The number of ether oxygens (including phenoxy) is 1. The molecular formula is C27H29N9O5S. The van der Waals surface area contributed by atoms with Crippen molar-refractivity contribution >= 4 is 44.1 Å². The number of carbonyl (C=O) groups excluding carboxylic acids is 1. The summed E-state index contributed by atoms with van der Waals surface area (Å²) in [4.78, 5) is 36.6. The van der Waals surface area contributed by atoms with Crippen LogP contribution in [-0.2, 0) is 11.2 Å². The van der Waals surface area contributed by atoms with Crippen molar-refractivity contribution in [3.05, 3.63) is 51.9 Å². The van der Waals surface area contributed by atoms with Crippen molar-refractivity contribution in [3.63, 3.8) is 0 Å². The molecule has 0 radical (unpaired) electrons. The number of amides is 1. The number of carbonyl (C=O) groups is 1. The second-order valence-corrected chi connectivity index (χ2v) is 11.6. The van der Waals surface area contributed by atoms with Crippen LogP contribution in [0.15, 0.2) is 38.5 Å². The number of nitrogens with zero attached hydrogens (tertiary/aromatic N) is 6. The normalized spacial score (nSPS) is 19.5. The maximum absolute atomic E-state index is 12.8. The first-order chi connectivity index (χ1) is 20.5. The van der Waals surface area contributed by atoms with E-state index in [0.717, 1.165) is 30.7 Å². The number of morpholine rings is 1. The van der Waals surface area contributed by atoms with Gasteiger partial charge in [-0.05, 0) is 12.8 Å². The summed E-state index contributed by atoms with van der Waals surface area (Å²) in [6, 6.07) is 3.32. The van der Waals surface area contributed by atoms with E-state index in [0.29, 0.717) is 65.3 Å². The molecule has 2 atom stereocenters. The molecule has 1 saturated heterocycles. The lowest BCUT2D eigenvalue weighted by Gasteiger charge is -2.29. The smallest absolute Gasteiger partial charge is 0.254 e. The van der Waals surface area contributed by atoms with Crippen LogP contribution in [0.5, 0.6) is 0 Å². The number of nitrogens with one attached hydrogen (secondary N) is 1. The number of nitrogens with two attached hydrogens (primary N) is 2. The molecule has 218 valence electrons. The number of aromatic nitrogens is 5. The van der Waals surface area contributed by atoms with Gasteiger partial charge in [-0.1, -0.05) is 18.0 Å². The highest BCUT2D eigenvalue weighted by molar-refractivity contribution is 7.22. The zero-order valence-corrected chi connectivity index (χ0v) is 23.4. The van der Waals surface area contributed by atoms with E-state index in [1.54, 1.807) is 12.1 Å². The summed E-state index contributed by atoms with van der Waals surface area (Å²) in [5.41, 5.74) is 14.2. The second kappa shape index (κ2) is 10.8. The molecule has 1 amide bonds. The summed E-state index contributed by atoms with van der Waals surface area (Å²) in [5, 5.41) is 12.8. The fraction of sp³-hybridized carbons (Fsp3) is 0.407. The zero-order chi connectivity index (χ0) is 28.8. The Bertz CT molecular complexity index is 1840. The highest BCUT2D eigenvalue weighted by Gasteiger charge is 2.27. The maximum Gasteiger partial charge on any atom is 0.254 e. The molecular weight excluding hydrogens is 562 g/mol. The topological polar surface area (TPSA) is 193 Å². The third-order valence-electron chi connectivity index (χ3n) is 7.81. The third-order valence-corrected chi connectivity index (χ3v) is 9.00. The summed E-state index contributed by atoms with van der Waals surface area (Å²) in [7, 11) is 0. The van der Waals surface area contributed by atoms with Crippen molar-refractivity contribution in [2.75, 3.05) is 36.5 Å². The molecule has 2 fully saturated rings. The number of rotatable bonds is 7. The summed E-state index contributed by atoms with van der Waals surface area (Å²) < 4.78 is 19.0. The minimum absolute atomic E-state index is 0.00784. The van der Waals surface area contributed by atoms with Gasteiger partial charge in [0.1, 0.15) is 18.2 Å². The van der Waals surface area contributed by atoms with Crippen LogP contribution in [0.2, 0.25) is 0 Å². The molecule has 0 bridgehead atoms. The van der Waals surface area contributed by atoms with Gasteiger partial charge in [-0.15, -0.1) is 11.3 Å². The van der Waals surface area contributed by atoms with Crippen LogP contribution < -0.4 is 27.1 Å². The highest BCUT2D eigenvalue weighted by Crippen LogP contribution is 2.36. The SMILES string of the molecule is NC(=O)c1c(Cc2cc(-c3coc4c(=O)cc(N5CCOCC5)sc34)on2)nc(N[C@H]2CCCC[C@H]2N)n2ncnc12. The largest absolute Gasteiger partial charge is 0.459 e. The minimum Gasteiger partial charge on any atom is -0.459 e. The highest BCUT2D eigenvalue weighted by atomic mass is 32.1. The van der Waals surface area contributed by atoms with Crippen molar-refractivity contribution in [1.82, 2.24) is 24.7 Å². The van der Waals surface area contributed by atoms with E-state index in [-0.39, 0.29) is 35.1 Å². The second-order valence-electron chi connectivity index (χ2n) is 10.5. The van der Waals surface area contributed by atoms with Gasteiger partial charge in [0.15, 0.2) is 17.0 Å². The van der Waals surface area contributed by atoms with Gasteiger partial charge in [0.05, 0.1) is 39.9 Å². The molecule has 1 aliphatic carbocycles. The lowest BCUT2D eigenvalue weighted by Crippen LogP contribution is -2.43. The predicted octanol–water partition coefficient (Wildman–Crippen LogP) is 2.16. The molecule has 2 aliphatic rings. The average Bonchev–Trinajstić information content (AvgIpc) is 3.75. The number of hydrogen-bond donors (Lipinski definition) is 3. The van der Waals surface area contributed by atoms with Crippen LogP contribution in [0.4, 0.5) is 10.9 Å². The van der Waals surface area contributed by atoms with Gasteiger partial charge in [0.2, 0.25) is 11.4 Å². The van der Waals surface area contributed by atoms with Crippen molar-refractivity contribution in [3.8, 4) is 11.3 Å². The molecule has 5 aromatic heterocycles. The number of furan rings is 1. The van der Waals surface area contributed by atoms with Gasteiger partial charge in [0, 0.05) is 43.7 Å². The molecule has 0 spiro atoms. The van der Waals surface area contributed by atoms with Crippen molar-refractivity contribution in [1.29, 1.82) is 0 Å².